The molecule has 3 unspecified atom stereocenters. The van der Waals surface area contributed by atoms with Gasteiger partial charge in [0, 0.05) is 24.2 Å². The van der Waals surface area contributed by atoms with Crippen molar-refractivity contribution in [3.8, 4) is 0 Å². The molecular formula is C17H27ClN2O. The first-order chi connectivity index (χ1) is 10.1. The van der Waals surface area contributed by atoms with Crippen molar-refractivity contribution in [1.29, 1.82) is 0 Å². The van der Waals surface area contributed by atoms with Crippen LogP contribution in [0.25, 0.3) is 0 Å². The highest BCUT2D eigenvalue weighted by molar-refractivity contribution is 6.31. The lowest BCUT2D eigenvalue weighted by Crippen LogP contribution is -2.43. The van der Waals surface area contributed by atoms with E-state index in [4.69, 9.17) is 11.6 Å². The van der Waals surface area contributed by atoms with E-state index in [0.717, 1.165) is 44.0 Å². The van der Waals surface area contributed by atoms with Crippen LogP contribution in [0.15, 0.2) is 24.3 Å². The maximum absolute atomic E-state index is 10.00. The monoisotopic (exact) mass is 310 g/mol. The minimum absolute atomic E-state index is 0.184. The van der Waals surface area contributed by atoms with Crippen molar-refractivity contribution in [2.75, 3.05) is 26.2 Å². The highest BCUT2D eigenvalue weighted by Gasteiger charge is 2.24. The van der Waals surface area contributed by atoms with Gasteiger partial charge in [-0.1, -0.05) is 43.6 Å². The van der Waals surface area contributed by atoms with Gasteiger partial charge in [-0.15, -0.1) is 0 Å². The van der Waals surface area contributed by atoms with Crippen molar-refractivity contribution in [3.63, 3.8) is 0 Å². The summed E-state index contributed by atoms with van der Waals surface area (Å²) in [6.45, 7) is 8.05. The molecule has 1 fully saturated rings. The SMILES string of the molecule is CCNC(CCN1CCC(C)C(O)C1)c1ccccc1Cl. The summed E-state index contributed by atoms with van der Waals surface area (Å²) in [5.74, 6) is 0.425. The Morgan fingerprint density at radius 2 is 2.19 bits per heavy atom. The first kappa shape index (κ1) is 16.8. The number of aliphatic hydroxyl groups excluding tert-OH is 1. The molecule has 2 N–H and O–H groups in total. The summed E-state index contributed by atoms with van der Waals surface area (Å²) < 4.78 is 0. The molecule has 1 aliphatic rings. The lowest BCUT2D eigenvalue weighted by Gasteiger charge is -2.35. The molecule has 0 spiro atoms. The second-order valence-corrected chi connectivity index (χ2v) is 6.46. The molecule has 0 amide bonds. The van der Waals surface area contributed by atoms with Gasteiger partial charge in [0.1, 0.15) is 0 Å². The molecular weight excluding hydrogens is 284 g/mol. The highest BCUT2D eigenvalue weighted by atomic mass is 35.5. The summed E-state index contributed by atoms with van der Waals surface area (Å²) in [5.41, 5.74) is 1.17. The van der Waals surface area contributed by atoms with Gasteiger partial charge < -0.3 is 15.3 Å². The van der Waals surface area contributed by atoms with Crippen molar-refractivity contribution in [1.82, 2.24) is 10.2 Å². The Morgan fingerprint density at radius 1 is 1.43 bits per heavy atom. The number of β-amino-alcohol motifs (C(OH)–C–C–N with tert-alkyl or cyclic N) is 1. The number of likely N-dealkylation sites (tertiary alicyclic amines) is 1. The third kappa shape index (κ3) is 4.68. The number of hydrogen-bond donors (Lipinski definition) is 2. The average molecular weight is 311 g/mol. The van der Waals surface area contributed by atoms with Crippen LogP contribution in [0.4, 0.5) is 0 Å². The second-order valence-electron chi connectivity index (χ2n) is 6.05. The van der Waals surface area contributed by atoms with Gasteiger partial charge in [-0.25, -0.2) is 0 Å². The molecule has 0 radical (unpaired) electrons. The number of aliphatic hydroxyl groups is 1. The molecule has 3 nitrogen and oxygen atoms in total. The maximum Gasteiger partial charge on any atom is 0.0693 e. The van der Waals surface area contributed by atoms with Gasteiger partial charge in [0.05, 0.1) is 6.10 Å². The fourth-order valence-corrected chi connectivity index (χ4v) is 3.27. The van der Waals surface area contributed by atoms with Crippen LogP contribution in [0.3, 0.4) is 0 Å². The third-order valence-electron chi connectivity index (χ3n) is 4.47. The lowest BCUT2D eigenvalue weighted by molar-refractivity contribution is 0.0278. The topological polar surface area (TPSA) is 35.5 Å². The van der Waals surface area contributed by atoms with Crippen molar-refractivity contribution in [2.24, 2.45) is 5.92 Å². The molecule has 1 aromatic rings. The van der Waals surface area contributed by atoms with E-state index in [2.05, 4.69) is 30.1 Å². The quantitative estimate of drug-likeness (QED) is 0.847. The van der Waals surface area contributed by atoms with Gasteiger partial charge in [-0.2, -0.15) is 0 Å². The number of benzene rings is 1. The van der Waals surface area contributed by atoms with Crippen LogP contribution in [0, 0.1) is 5.92 Å². The summed E-state index contributed by atoms with van der Waals surface area (Å²) >= 11 is 6.32. The maximum atomic E-state index is 10.00. The van der Waals surface area contributed by atoms with Crippen LogP contribution in [0.5, 0.6) is 0 Å². The number of halogens is 1. The summed E-state index contributed by atoms with van der Waals surface area (Å²) in [4.78, 5) is 2.37. The average Bonchev–Trinajstić information content (AvgIpc) is 2.48. The lowest BCUT2D eigenvalue weighted by atomic mass is 9.95. The zero-order chi connectivity index (χ0) is 15.2. The fraction of sp³-hybridized carbons (Fsp3) is 0.647. The van der Waals surface area contributed by atoms with Crippen molar-refractivity contribution in [3.05, 3.63) is 34.9 Å². The van der Waals surface area contributed by atoms with Gasteiger partial charge >= 0.3 is 0 Å². The first-order valence-electron chi connectivity index (χ1n) is 8.00. The van der Waals surface area contributed by atoms with Crippen LogP contribution in [-0.2, 0) is 0 Å². The predicted octanol–water partition coefficient (Wildman–Crippen LogP) is 3.08. The molecule has 0 bridgehead atoms. The molecule has 4 heteroatoms. The number of rotatable bonds is 6. The first-order valence-corrected chi connectivity index (χ1v) is 8.37. The van der Waals surface area contributed by atoms with Crippen LogP contribution in [0.1, 0.15) is 38.3 Å². The molecule has 3 atom stereocenters. The standard InChI is InChI=1S/C17H27ClN2O/c1-3-19-16(14-6-4-5-7-15(14)18)9-11-20-10-8-13(2)17(21)12-20/h4-7,13,16-17,19,21H,3,8-12H2,1-2H3. The van der Waals surface area contributed by atoms with Gasteiger partial charge in [0.2, 0.25) is 0 Å². The van der Waals surface area contributed by atoms with Crippen molar-refractivity contribution in [2.45, 2.75) is 38.8 Å². The van der Waals surface area contributed by atoms with E-state index in [1.807, 2.05) is 18.2 Å². The van der Waals surface area contributed by atoms with E-state index in [0.29, 0.717) is 5.92 Å². The Balaban J connectivity index is 1.93. The molecule has 118 valence electrons. The number of nitrogens with zero attached hydrogens (tertiary/aromatic N) is 1. The second kappa shape index (κ2) is 8.14. The molecule has 0 saturated carbocycles. The summed E-state index contributed by atoms with van der Waals surface area (Å²) in [5, 5.41) is 14.4. The Bertz CT molecular complexity index is 441. The molecule has 1 heterocycles. The fourth-order valence-electron chi connectivity index (χ4n) is 3.00. The molecule has 21 heavy (non-hydrogen) atoms. The van der Waals surface area contributed by atoms with Gasteiger partial charge in [-0.3, -0.25) is 0 Å². The van der Waals surface area contributed by atoms with E-state index < -0.39 is 0 Å². The largest absolute Gasteiger partial charge is 0.392 e. The Morgan fingerprint density at radius 3 is 2.86 bits per heavy atom. The number of hydrogen-bond acceptors (Lipinski definition) is 3. The molecule has 2 rings (SSSR count). The zero-order valence-electron chi connectivity index (χ0n) is 13.1. The Labute approximate surface area is 133 Å². The normalized spacial score (nSPS) is 25.0. The summed E-state index contributed by atoms with van der Waals surface area (Å²) in [7, 11) is 0. The minimum atomic E-state index is -0.184. The number of nitrogens with one attached hydrogen (secondary N) is 1. The molecule has 1 aromatic carbocycles. The molecule has 1 saturated heterocycles. The van der Waals surface area contributed by atoms with Crippen molar-refractivity contribution >= 4 is 11.6 Å². The zero-order valence-corrected chi connectivity index (χ0v) is 13.8. The van der Waals surface area contributed by atoms with E-state index >= 15 is 0 Å². The van der Waals surface area contributed by atoms with E-state index in [-0.39, 0.29) is 12.1 Å². The Kier molecular flexibility index (Phi) is 6.49. The van der Waals surface area contributed by atoms with Crippen LogP contribution < -0.4 is 5.32 Å². The summed E-state index contributed by atoms with van der Waals surface area (Å²) in [6.07, 6.45) is 1.91. The van der Waals surface area contributed by atoms with E-state index in [1.165, 1.54) is 5.56 Å². The van der Waals surface area contributed by atoms with E-state index in [9.17, 15) is 5.11 Å². The summed E-state index contributed by atoms with van der Waals surface area (Å²) in [6, 6.07) is 8.34. The van der Waals surface area contributed by atoms with Gasteiger partial charge in [0.25, 0.3) is 0 Å². The minimum Gasteiger partial charge on any atom is -0.392 e. The van der Waals surface area contributed by atoms with Crippen LogP contribution in [0.2, 0.25) is 5.02 Å². The number of piperidine rings is 1. The van der Waals surface area contributed by atoms with Gasteiger partial charge in [-0.05, 0) is 43.5 Å². The highest BCUT2D eigenvalue weighted by Crippen LogP contribution is 2.26. The molecule has 1 aliphatic heterocycles. The van der Waals surface area contributed by atoms with Crippen molar-refractivity contribution < 1.29 is 5.11 Å². The third-order valence-corrected chi connectivity index (χ3v) is 4.81. The Hall–Kier alpha value is -0.610. The molecule has 0 aromatic heterocycles. The van der Waals surface area contributed by atoms with Gasteiger partial charge in [0.15, 0.2) is 0 Å². The smallest absolute Gasteiger partial charge is 0.0693 e. The van der Waals surface area contributed by atoms with E-state index in [1.54, 1.807) is 0 Å². The van der Waals surface area contributed by atoms with Crippen LogP contribution >= 0.6 is 11.6 Å². The molecule has 0 aliphatic carbocycles. The predicted molar refractivity (Wildman–Crippen MR) is 88.7 cm³/mol. The van der Waals surface area contributed by atoms with Crippen LogP contribution in [-0.4, -0.2) is 42.3 Å².